The van der Waals surface area contributed by atoms with E-state index < -0.39 is 5.25 Å². The minimum Gasteiger partial charge on any atom is -0.493 e. The monoisotopic (exact) mass is 493 g/mol. The van der Waals surface area contributed by atoms with Crippen molar-refractivity contribution in [2.75, 3.05) is 20.3 Å². The molecule has 0 bridgehead atoms. The number of carbonyl (C=O) groups excluding carboxylic acids is 2. The summed E-state index contributed by atoms with van der Waals surface area (Å²) in [5.74, 6) is 2.87. The summed E-state index contributed by atoms with van der Waals surface area (Å²) in [4.78, 5) is 23.0. The maximum absolute atomic E-state index is 12.1. The van der Waals surface area contributed by atoms with Crippen LogP contribution in [0.25, 0.3) is 0 Å². The Bertz CT molecular complexity index is 1090. The Morgan fingerprint density at radius 2 is 1.71 bits per heavy atom. The van der Waals surface area contributed by atoms with E-state index in [0.29, 0.717) is 31.0 Å². The molecule has 3 rings (SSSR count). The largest absolute Gasteiger partial charge is 0.493 e. The van der Waals surface area contributed by atoms with Gasteiger partial charge in [-0.05, 0) is 60.0 Å². The molecule has 6 nitrogen and oxygen atoms in total. The molecule has 1 amide bonds. The van der Waals surface area contributed by atoms with Crippen molar-refractivity contribution >= 4 is 23.3 Å². The molecular weight excluding hydrogens is 462 g/mol. The number of benzene rings is 3. The normalized spacial score (nSPS) is 11.4. The highest BCUT2D eigenvalue weighted by atomic mass is 32.2. The van der Waals surface area contributed by atoms with Gasteiger partial charge in [0.15, 0.2) is 5.62 Å². The van der Waals surface area contributed by atoms with Gasteiger partial charge in [0.25, 0.3) is 0 Å². The Hall–Kier alpha value is -3.45. The SMILES string of the molecule is CCCc1cc(Oc2ccccc2)ccc1OCCCOc1cccc(C(SC=O)C(=O)NC)c1. The van der Waals surface area contributed by atoms with Crippen molar-refractivity contribution in [2.24, 2.45) is 0 Å². The summed E-state index contributed by atoms with van der Waals surface area (Å²) < 4.78 is 17.9. The third-order valence-corrected chi connectivity index (χ3v) is 6.05. The van der Waals surface area contributed by atoms with Crippen molar-refractivity contribution in [2.45, 2.75) is 31.4 Å². The summed E-state index contributed by atoms with van der Waals surface area (Å²) in [7, 11) is 1.55. The van der Waals surface area contributed by atoms with E-state index in [0.717, 1.165) is 53.0 Å². The fraction of sp³-hybridized carbons (Fsp3) is 0.286. The summed E-state index contributed by atoms with van der Waals surface area (Å²) in [5.41, 5.74) is 2.51. The van der Waals surface area contributed by atoms with Crippen LogP contribution in [0.2, 0.25) is 0 Å². The lowest BCUT2D eigenvalue weighted by Crippen LogP contribution is -2.24. The molecule has 1 N–H and O–H groups in total. The van der Waals surface area contributed by atoms with Gasteiger partial charge in [-0.15, -0.1) is 0 Å². The van der Waals surface area contributed by atoms with E-state index in [9.17, 15) is 9.59 Å². The third kappa shape index (κ3) is 8.07. The first kappa shape index (κ1) is 26.2. The topological polar surface area (TPSA) is 73.9 Å². The van der Waals surface area contributed by atoms with Gasteiger partial charge in [0.1, 0.15) is 28.2 Å². The van der Waals surface area contributed by atoms with Crippen LogP contribution in [0.15, 0.2) is 72.8 Å². The first-order valence-corrected chi connectivity index (χ1v) is 12.6. The van der Waals surface area contributed by atoms with E-state index in [1.54, 1.807) is 13.1 Å². The van der Waals surface area contributed by atoms with Crippen LogP contribution < -0.4 is 19.5 Å². The molecule has 0 aromatic heterocycles. The first-order valence-electron chi connectivity index (χ1n) is 11.7. The van der Waals surface area contributed by atoms with Crippen molar-refractivity contribution in [3.63, 3.8) is 0 Å². The van der Waals surface area contributed by atoms with Gasteiger partial charge >= 0.3 is 0 Å². The highest BCUT2D eigenvalue weighted by Gasteiger charge is 2.20. The molecule has 0 aliphatic heterocycles. The van der Waals surface area contributed by atoms with Gasteiger partial charge < -0.3 is 19.5 Å². The number of carbonyl (C=O) groups is 2. The van der Waals surface area contributed by atoms with Gasteiger partial charge in [0.2, 0.25) is 5.91 Å². The number of hydrogen-bond donors (Lipinski definition) is 1. The second kappa shape index (κ2) is 14.1. The van der Waals surface area contributed by atoms with Crippen molar-refractivity contribution in [1.82, 2.24) is 5.32 Å². The van der Waals surface area contributed by atoms with Crippen molar-refractivity contribution in [3.05, 3.63) is 83.9 Å². The van der Waals surface area contributed by atoms with Crippen LogP contribution >= 0.6 is 11.8 Å². The Morgan fingerprint density at radius 3 is 2.46 bits per heavy atom. The van der Waals surface area contributed by atoms with Crippen LogP contribution in [0, 0.1) is 0 Å². The molecule has 184 valence electrons. The molecule has 0 spiro atoms. The van der Waals surface area contributed by atoms with Crippen LogP contribution in [0.1, 0.15) is 36.1 Å². The highest BCUT2D eigenvalue weighted by Crippen LogP contribution is 2.30. The van der Waals surface area contributed by atoms with E-state index in [1.165, 1.54) is 0 Å². The standard InChI is InChI=1S/C28H31NO5S/c1-3-9-21-18-25(34-23-11-5-4-6-12-23)14-15-26(21)33-17-8-16-32-24-13-7-10-22(19-24)27(35-20-30)28(31)29-2/h4-7,10-15,18-20,27H,3,8-9,16-17H2,1-2H3,(H,29,31). The van der Waals surface area contributed by atoms with Crippen molar-refractivity contribution in [3.8, 4) is 23.0 Å². The molecule has 0 aliphatic rings. The Morgan fingerprint density at radius 1 is 0.943 bits per heavy atom. The molecule has 0 saturated carbocycles. The van der Waals surface area contributed by atoms with Crippen molar-refractivity contribution < 1.29 is 23.8 Å². The third-order valence-electron chi connectivity index (χ3n) is 5.18. The summed E-state index contributed by atoms with van der Waals surface area (Å²) in [6.45, 7) is 3.11. The average Bonchev–Trinajstić information content (AvgIpc) is 2.88. The fourth-order valence-electron chi connectivity index (χ4n) is 3.53. The van der Waals surface area contributed by atoms with Gasteiger partial charge in [0.05, 0.1) is 13.2 Å². The van der Waals surface area contributed by atoms with Crippen LogP contribution in [0.4, 0.5) is 0 Å². The Labute approximate surface area is 211 Å². The summed E-state index contributed by atoms with van der Waals surface area (Å²) in [5, 5.41) is 1.99. The lowest BCUT2D eigenvalue weighted by molar-refractivity contribution is -0.120. The second-order valence-corrected chi connectivity index (χ2v) is 8.72. The number of thioether (sulfide) groups is 1. The van der Waals surface area contributed by atoms with E-state index in [2.05, 4.69) is 12.2 Å². The van der Waals surface area contributed by atoms with Crippen LogP contribution in [0.3, 0.4) is 0 Å². The molecule has 0 radical (unpaired) electrons. The number of nitrogens with one attached hydrogen (secondary N) is 1. The van der Waals surface area contributed by atoms with E-state index in [-0.39, 0.29) is 5.91 Å². The van der Waals surface area contributed by atoms with Crippen LogP contribution in [-0.4, -0.2) is 31.8 Å². The molecule has 0 fully saturated rings. The lowest BCUT2D eigenvalue weighted by atomic mass is 10.1. The number of aryl methyl sites for hydroxylation is 1. The van der Waals surface area contributed by atoms with Crippen LogP contribution in [0.5, 0.6) is 23.0 Å². The number of ether oxygens (including phenoxy) is 3. The highest BCUT2D eigenvalue weighted by molar-refractivity contribution is 8.12. The zero-order valence-corrected chi connectivity index (χ0v) is 20.9. The average molecular weight is 494 g/mol. The quantitative estimate of drug-likeness (QED) is 0.220. The number of likely N-dealkylation sites (N-methyl/N-ethyl adjacent to an activating group) is 1. The molecular formula is C28H31NO5S. The Kier molecular flexibility index (Phi) is 10.5. The molecule has 35 heavy (non-hydrogen) atoms. The maximum atomic E-state index is 12.1. The van der Waals surface area contributed by atoms with Gasteiger partial charge in [-0.2, -0.15) is 0 Å². The zero-order valence-electron chi connectivity index (χ0n) is 20.1. The molecule has 7 heteroatoms. The summed E-state index contributed by atoms with van der Waals surface area (Å²) in [6, 6.07) is 22.9. The van der Waals surface area contributed by atoms with E-state index in [4.69, 9.17) is 14.2 Å². The lowest BCUT2D eigenvalue weighted by Gasteiger charge is -2.15. The van der Waals surface area contributed by atoms with E-state index in [1.807, 2.05) is 66.7 Å². The molecule has 0 saturated heterocycles. The maximum Gasteiger partial charge on any atom is 0.237 e. The van der Waals surface area contributed by atoms with Crippen molar-refractivity contribution in [1.29, 1.82) is 0 Å². The molecule has 3 aromatic carbocycles. The molecule has 3 aromatic rings. The predicted molar refractivity (Wildman–Crippen MR) is 140 cm³/mol. The van der Waals surface area contributed by atoms with Crippen LogP contribution in [-0.2, 0) is 16.0 Å². The Balaban J connectivity index is 1.52. The summed E-state index contributed by atoms with van der Waals surface area (Å²) in [6.07, 6.45) is 2.60. The predicted octanol–water partition coefficient (Wildman–Crippen LogP) is 5.99. The molecule has 0 heterocycles. The number of hydrogen-bond acceptors (Lipinski definition) is 6. The minimum atomic E-state index is -0.602. The number of para-hydroxylation sites is 1. The molecule has 1 atom stereocenters. The summed E-state index contributed by atoms with van der Waals surface area (Å²) >= 11 is 0.930. The molecule has 1 unspecified atom stereocenters. The molecule has 0 aliphatic carbocycles. The van der Waals surface area contributed by atoms with Gasteiger partial charge in [-0.3, -0.25) is 9.59 Å². The van der Waals surface area contributed by atoms with Gasteiger partial charge in [-0.1, -0.05) is 55.4 Å². The number of rotatable bonds is 14. The van der Waals surface area contributed by atoms with Gasteiger partial charge in [-0.25, -0.2) is 0 Å². The minimum absolute atomic E-state index is 0.226. The van der Waals surface area contributed by atoms with Gasteiger partial charge in [0, 0.05) is 13.5 Å². The van der Waals surface area contributed by atoms with E-state index >= 15 is 0 Å². The number of amides is 1. The second-order valence-electron chi connectivity index (χ2n) is 7.78. The fourth-order valence-corrected chi connectivity index (χ4v) is 4.18. The smallest absolute Gasteiger partial charge is 0.237 e. The first-order chi connectivity index (χ1) is 17.1. The zero-order chi connectivity index (χ0) is 24.9.